The summed E-state index contributed by atoms with van der Waals surface area (Å²) in [6.07, 6.45) is 6.47. The van der Waals surface area contributed by atoms with E-state index in [1.54, 1.807) is 24.4 Å². The van der Waals surface area contributed by atoms with Gasteiger partial charge >= 0.3 is 0 Å². The number of hydrogen-bond donors (Lipinski definition) is 1. The van der Waals surface area contributed by atoms with Crippen LogP contribution < -0.4 is 9.46 Å². The molecule has 0 spiro atoms. The van der Waals surface area contributed by atoms with Gasteiger partial charge < -0.3 is 9.30 Å². The normalized spacial score (nSPS) is 22.7. The molecule has 2 atom stereocenters. The number of benzene rings is 1. The van der Waals surface area contributed by atoms with Gasteiger partial charge in [0.1, 0.15) is 17.7 Å². The van der Waals surface area contributed by atoms with Gasteiger partial charge in [0.05, 0.1) is 4.90 Å². The van der Waals surface area contributed by atoms with Crippen LogP contribution >= 0.6 is 0 Å². The maximum Gasteiger partial charge on any atom is 0.240 e. The third kappa shape index (κ3) is 2.93. The third-order valence-corrected chi connectivity index (χ3v) is 6.19. The molecule has 0 unspecified atom stereocenters. The summed E-state index contributed by atoms with van der Waals surface area (Å²) in [7, 11) is -3.49. The molecular formula is C17H21N3O3S. The van der Waals surface area contributed by atoms with Crippen molar-refractivity contribution in [3.63, 3.8) is 0 Å². The van der Waals surface area contributed by atoms with Crippen LogP contribution in [0.5, 0.6) is 5.75 Å². The number of sulfonamides is 1. The molecule has 2 aromatic rings. The summed E-state index contributed by atoms with van der Waals surface area (Å²) in [6.45, 7) is 3.25. The summed E-state index contributed by atoms with van der Waals surface area (Å²) in [5.41, 5.74) is 0.964. The van der Waals surface area contributed by atoms with Crippen LogP contribution in [0, 0.1) is 5.92 Å². The van der Waals surface area contributed by atoms with E-state index in [-0.39, 0.29) is 6.10 Å². The average Bonchev–Trinajstić information content (AvgIpc) is 3.16. The highest BCUT2D eigenvalue weighted by Crippen LogP contribution is 2.30. The zero-order valence-corrected chi connectivity index (χ0v) is 14.4. The topological polar surface area (TPSA) is 73.2 Å². The van der Waals surface area contributed by atoms with Gasteiger partial charge in [0, 0.05) is 38.3 Å². The monoisotopic (exact) mass is 347 g/mol. The van der Waals surface area contributed by atoms with Crippen molar-refractivity contribution in [2.24, 2.45) is 5.92 Å². The van der Waals surface area contributed by atoms with Crippen LogP contribution in [-0.4, -0.2) is 30.6 Å². The average molecular weight is 347 g/mol. The van der Waals surface area contributed by atoms with Crippen LogP contribution in [0.3, 0.4) is 0 Å². The molecule has 7 heteroatoms. The van der Waals surface area contributed by atoms with Crippen molar-refractivity contribution in [1.82, 2.24) is 14.3 Å². The van der Waals surface area contributed by atoms with Crippen molar-refractivity contribution in [3.8, 4) is 5.75 Å². The van der Waals surface area contributed by atoms with E-state index < -0.39 is 10.0 Å². The quantitative estimate of drug-likeness (QED) is 0.914. The van der Waals surface area contributed by atoms with Crippen LogP contribution in [0.1, 0.15) is 24.7 Å². The minimum atomic E-state index is -3.49. The fraction of sp³-hybridized carbons (Fsp3) is 0.471. The number of aryl methyl sites for hydroxylation is 1. The Bertz CT molecular complexity index is 860. The Labute approximate surface area is 141 Å². The van der Waals surface area contributed by atoms with Crippen molar-refractivity contribution in [2.75, 3.05) is 6.54 Å². The number of rotatable bonds is 4. The van der Waals surface area contributed by atoms with Crippen molar-refractivity contribution < 1.29 is 13.2 Å². The molecule has 0 saturated heterocycles. The zero-order valence-electron chi connectivity index (χ0n) is 13.6. The van der Waals surface area contributed by atoms with Gasteiger partial charge in [0.2, 0.25) is 10.0 Å². The van der Waals surface area contributed by atoms with Crippen LogP contribution in [0.15, 0.2) is 35.5 Å². The highest BCUT2D eigenvalue weighted by molar-refractivity contribution is 7.89. The maximum absolute atomic E-state index is 12.6. The van der Waals surface area contributed by atoms with Crippen molar-refractivity contribution in [3.05, 3.63) is 42.0 Å². The second-order valence-corrected chi connectivity index (χ2v) is 8.42. The molecule has 0 bridgehead atoms. The first-order chi connectivity index (χ1) is 11.5. The fourth-order valence-corrected chi connectivity index (χ4v) is 4.65. The third-order valence-electron chi connectivity index (χ3n) is 4.77. The van der Waals surface area contributed by atoms with E-state index in [1.807, 2.05) is 13.1 Å². The van der Waals surface area contributed by atoms with E-state index in [9.17, 15) is 8.42 Å². The molecule has 128 valence electrons. The number of imidazole rings is 1. The molecule has 6 nitrogen and oxygen atoms in total. The van der Waals surface area contributed by atoms with Crippen LogP contribution in [0.25, 0.3) is 0 Å². The van der Waals surface area contributed by atoms with Gasteiger partial charge in [-0.3, -0.25) is 0 Å². The summed E-state index contributed by atoms with van der Waals surface area (Å²) in [5, 5.41) is 0. The number of nitrogens with zero attached hydrogens (tertiary/aromatic N) is 2. The van der Waals surface area contributed by atoms with Crippen LogP contribution in [-0.2, 0) is 29.4 Å². The number of ether oxygens (including phenoxy) is 1. The van der Waals surface area contributed by atoms with E-state index in [2.05, 4.69) is 14.3 Å². The van der Waals surface area contributed by atoms with Crippen molar-refractivity contribution >= 4 is 10.0 Å². The number of hydrogen-bond acceptors (Lipinski definition) is 4. The predicted octanol–water partition coefficient (Wildman–Crippen LogP) is 1.75. The number of nitrogens with one attached hydrogen (secondary N) is 1. The molecule has 0 amide bonds. The Hall–Kier alpha value is -1.86. The smallest absolute Gasteiger partial charge is 0.240 e. The van der Waals surface area contributed by atoms with Gasteiger partial charge in [-0.1, -0.05) is 0 Å². The van der Waals surface area contributed by atoms with E-state index in [0.717, 1.165) is 42.9 Å². The molecule has 1 aromatic carbocycles. The molecule has 0 saturated carbocycles. The molecule has 24 heavy (non-hydrogen) atoms. The molecule has 4 rings (SSSR count). The summed E-state index contributed by atoms with van der Waals surface area (Å²) in [5.74, 6) is 2.17. The molecule has 3 heterocycles. The lowest BCUT2D eigenvalue weighted by molar-refractivity contribution is 0.254. The van der Waals surface area contributed by atoms with Crippen LogP contribution in [0.2, 0.25) is 0 Å². The fourth-order valence-electron chi connectivity index (χ4n) is 3.48. The minimum Gasteiger partial charge on any atom is -0.490 e. The second-order valence-electron chi connectivity index (χ2n) is 6.65. The van der Waals surface area contributed by atoms with Crippen molar-refractivity contribution in [1.29, 1.82) is 0 Å². The molecule has 0 radical (unpaired) electrons. The molecule has 1 N–H and O–H groups in total. The van der Waals surface area contributed by atoms with E-state index >= 15 is 0 Å². The lowest BCUT2D eigenvalue weighted by Gasteiger charge is -2.23. The van der Waals surface area contributed by atoms with Crippen LogP contribution in [0.4, 0.5) is 0 Å². The highest BCUT2D eigenvalue weighted by atomic mass is 32.2. The van der Waals surface area contributed by atoms with Gasteiger partial charge in [-0.15, -0.1) is 0 Å². The van der Waals surface area contributed by atoms with Gasteiger partial charge in [0.25, 0.3) is 0 Å². The van der Waals surface area contributed by atoms with E-state index in [4.69, 9.17) is 4.74 Å². The van der Waals surface area contributed by atoms with Gasteiger partial charge in [-0.2, -0.15) is 0 Å². The van der Waals surface area contributed by atoms with Crippen molar-refractivity contribution in [2.45, 2.75) is 43.7 Å². The lowest BCUT2D eigenvalue weighted by Crippen LogP contribution is -2.33. The Morgan fingerprint density at radius 2 is 2.29 bits per heavy atom. The summed E-state index contributed by atoms with van der Waals surface area (Å²) >= 11 is 0. The molecule has 2 aliphatic heterocycles. The van der Waals surface area contributed by atoms with E-state index in [0.29, 0.717) is 17.4 Å². The lowest BCUT2D eigenvalue weighted by atomic mass is 10.00. The van der Waals surface area contributed by atoms with Gasteiger partial charge in [0.15, 0.2) is 0 Å². The first-order valence-corrected chi connectivity index (χ1v) is 9.79. The summed E-state index contributed by atoms with van der Waals surface area (Å²) < 4.78 is 35.7. The number of aromatic nitrogens is 2. The van der Waals surface area contributed by atoms with Gasteiger partial charge in [-0.25, -0.2) is 18.1 Å². The predicted molar refractivity (Wildman–Crippen MR) is 89.5 cm³/mol. The zero-order chi connectivity index (χ0) is 16.7. The molecule has 0 fully saturated rings. The molecule has 0 aliphatic carbocycles. The number of fused-ring (bicyclic) bond motifs is 2. The first kappa shape index (κ1) is 15.7. The standard InChI is InChI=1S/C17H21N3O3S/c1-12-8-14-9-15(3-4-16(14)23-12)24(21,22)19-10-13-2-5-17-18-6-7-20(17)11-13/h3-4,6-7,9,12-13,19H,2,5,8,10-11H2,1H3/t12-,13-/m1/s1. The molecule has 2 aliphatic rings. The Balaban J connectivity index is 1.44. The minimum absolute atomic E-state index is 0.109. The highest BCUT2D eigenvalue weighted by Gasteiger charge is 2.24. The molecule has 1 aromatic heterocycles. The van der Waals surface area contributed by atoms with Gasteiger partial charge in [-0.05, 0) is 43.0 Å². The summed E-state index contributed by atoms with van der Waals surface area (Å²) in [4.78, 5) is 4.62. The first-order valence-electron chi connectivity index (χ1n) is 8.30. The Kier molecular flexibility index (Phi) is 3.85. The largest absolute Gasteiger partial charge is 0.490 e. The van der Waals surface area contributed by atoms with E-state index in [1.165, 1.54) is 0 Å². The molecular weight excluding hydrogens is 326 g/mol. The second kappa shape index (κ2) is 5.89. The SMILES string of the molecule is C[C@@H]1Cc2cc(S(=O)(=O)NC[C@H]3CCc4nccn4C3)ccc2O1. The summed E-state index contributed by atoms with van der Waals surface area (Å²) in [6, 6.07) is 5.11. The maximum atomic E-state index is 12.6. The Morgan fingerprint density at radius 1 is 1.42 bits per heavy atom. The Morgan fingerprint density at radius 3 is 3.17 bits per heavy atom.